The molecule has 0 aliphatic heterocycles. The van der Waals surface area contributed by atoms with Crippen LogP contribution in [0.1, 0.15) is 33.8 Å². The van der Waals surface area contributed by atoms with Crippen LogP contribution in [0.5, 0.6) is 5.75 Å². The van der Waals surface area contributed by atoms with Crippen LogP contribution in [0.2, 0.25) is 10.0 Å². The highest BCUT2D eigenvalue weighted by molar-refractivity contribution is 6.42. The van der Waals surface area contributed by atoms with Crippen LogP contribution in [-0.4, -0.2) is 12.9 Å². The summed E-state index contributed by atoms with van der Waals surface area (Å²) < 4.78 is 5.29. The Balaban J connectivity index is 2.11. The number of halogens is 2. The Bertz CT molecular complexity index is 695. The van der Waals surface area contributed by atoms with Gasteiger partial charge >= 0.3 is 0 Å². The van der Waals surface area contributed by atoms with E-state index >= 15 is 0 Å². The molecule has 1 atom stereocenters. The third kappa shape index (κ3) is 2.09. The Morgan fingerprint density at radius 2 is 1.95 bits per heavy atom. The van der Waals surface area contributed by atoms with Crippen molar-refractivity contribution in [3.05, 3.63) is 63.1 Å². The highest BCUT2D eigenvalue weighted by Gasteiger charge is 2.33. The lowest BCUT2D eigenvalue weighted by molar-refractivity contribution is 0.0989. The van der Waals surface area contributed by atoms with Crippen LogP contribution in [0.25, 0.3) is 0 Å². The van der Waals surface area contributed by atoms with E-state index in [1.165, 1.54) is 0 Å². The number of hydrogen-bond acceptors (Lipinski definition) is 2. The van der Waals surface area contributed by atoms with E-state index in [0.29, 0.717) is 27.8 Å². The van der Waals surface area contributed by atoms with Gasteiger partial charge in [0.15, 0.2) is 5.78 Å². The van der Waals surface area contributed by atoms with Crippen molar-refractivity contribution in [2.75, 3.05) is 7.11 Å². The Morgan fingerprint density at radius 3 is 2.65 bits per heavy atom. The summed E-state index contributed by atoms with van der Waals surface area (Å²) in [7, 11) is 1.58. The van der Waals surface area contributed by atoms with Gasteiger partial charge in [0.2, 0.25) is 0 Å². The number of Topliss-reactive ketones (excluding diaryl/α,β-unsaturated/α-hetero) is 1. The smallest absolute Gasteiger partial charge is 0.167 e. The SMILES string of the molecule is COc1cccc2c1C(=O)C[C@H]2c1ccc(Cl)c(Cl)c1. The van der Waals surface area contributed by atoms with Gasteiger partial charge in [-0.1, -0.05) is 41.4 Å². The first-order chi connectivity index (χ1) is 9.61. The van der Waals surface area contributed by atoms with Crippen LogP contribution in [0.4, 0.5) is 0 Å². The molecule has 0 aromatic heterocycles. The number of rotatable bonds is 2. The molecule has 0 fully saturated rings. The minimum absolute atomic E-state index is 0.0161. The molecule has 0 amide bonds. The van der Waals surface area contributed by atoms with E-state index in [-0.39, 0.29) is 11.7 Å². The van der Waals surface area contributed by atoms with Gasteiger partial charge in [-0.05, 0) is 29.3 Å². The average Bonchev–Trinajstić information content (AvgIpc) is 2.79. The zero-order chi connectivity index (χ0) is 14.3. The van der Waals surface area contributed by atoms with Crippen LogP contribution >= 0.6 is 23.2 Å². The maximum atomic E-state index is 12.2. The van der Waals surface area contributed by atoms with Gasteiger partial charge in [0.1, 0.15) is 5.75 Å². The number of carbonyl (C=O) groups is 1. The fourth-order valence-corrected chi connectivity index (χ4v) is 3.04. The van der Waals surface area contributed by atoms with Crippen LogP contribution in [0.3, 0.4) is 0 Å². The van der Waals surface area contributed by atoms with E-state index in [2.05, 4.69) is 0 Å². The summed E-state index contributed by atoms with van der Waals surface area (Å²) in [6.07, 6.45) is 0.438. The molecule has 0 spiro atoms. The summed E-state index contributed by atoms with van der Waals surface area (Å²) in [5.74, 6) is 0.756. The molecule has 0 saturated carbocycles. The second kappa shape index (κ2) is 5.12. The molecule has 1 aliphatic carbocycles. The lowest BCUT2D eigenvalue weighted by Crippen LogP contribution is -1.97. The van der Waals surface area contributed by atoms with Crippen molar-refractivity contribution in [3.63, 3.8) is 0 Å². The van der Waals surface area contributed by atoms with E-state index in [0.717, 1.165) is 11.1 Å². The number of hydrogen-bond donors (Lipinski definition) is 0. The molecule has 1 aliphatic rings. The van der Waals surface area contributed by atoms with E-state index in [4.69, 9.17) is 27.9 Å². The van der Waals surface area contributed by atoms with Crippen molar-refractivity contribution < 1.29 is 9.53 Å². The predicted octanol–water partition coefficient (Wildman–Crippen LogP) is 4.72. The van der Waals surface area contributed by atoms with Crippen molar-refractivity contribution in [3.8, 4) is 5.75 Å². The maximum absolute atomic E-state index is 12.2. The summed E-state index contributed by atoms with van der Waals surface area (Å²) in [6, 6.07) is 11.2. The largest absolute Gasteiger partial charge is 0.496 e. The second-order valence-electron chi connectivity index (χ2n) is 4.78. The molecular formula is C16H12Cl2O2. The van der Waals surface area contributed by atoms with Crippen molar-refractivity contribution in [1.82, 2.24) is 0 Å². The van der Waals surface area contributed by atoms with Crippen molar-refractivity contribution >= 4 is 29.0 Å². The third-order valence-corrected chi connectivity index (χ3v) is 4.41. The quantitative estimate of drug-likeness (QED) is 0.802. The summed E-state index contributed by atoms with van der Waals surface area (Å²) in [6.45, 7) is 0. The van der Waals surface area contributed by atoms with Crippen LogP contribution in [-0.2, 0) is 0 Å². The second-order valence-corrected chi connectivity index (χ2v) is 5.59. The first-order valence-corrected chi connectivity index (χ1v) is 7.02. The summed E-state index contributed by atoms with van der Waals surface area (Å²) in [4.78, 5) is 12.2. The number of methoxy groups -OCH3 is 1. The standard InChI is InChI=1S/C16H12Cl2O2/c1-20-15-4-2-3-10-11(8-14(19)16(10)15)9-5-6-12(17)13(18)7-9/h2-7,11H,8H2,1H3/t11-/m0/s1. The van der Waals surface area contributed by atoms with Gasteiger partial charge in [-0.2, -0.15) is 0 Å². The van der Waals surface area contributed by atoms with Gasteiger partial charge in [-0.25, -0.2) is 0 Å². The highest BCUT2D eigenvalue weighted by atomic mass is 35.5. The Hall–Kier alpha value is -1.51. The number of ketones is 1. The van der Waals surface area contributed by atoms with E-state index in [9.17, 15) is 4.79 Å². The molecule has 2 aromatic carbocycles. The van der Waals surface area contributed by atoms with Crippen LogP contribution in [0, 0.1) is 0 Å². The fraction of sp³-hybridized carbons (Fsp3) is 0.188. The Kier molecular flexibility index (Phi) is 3.45. The highest BCUT2D eigenvalue weighted by Crippen LogP contribution is 2.42. The topological polar surface area (TPSA) is 26.3 Å². The minimum atomic E-state index is 0.0161. The zero-order valence-corrected chi connectivity index (χ0v) is 12.3. The van der Waals surface area contributed by atoms with Gasteiger partial charge in [-0.15, -0.1) is 0 Å². The average molecular weight is 307 g/mol. The van der Waals surface area contributed by atoms with E-state index < -0.39 is 0 Å². The molecule has 0 bridgehead atoms. The Labute approximate surface area is 127 Å². The maximum Gasteiger partial charge on any atom is 0.167 e. The molecule has 4 heteroatoms. The lowest BCUT2D eigenvalue weighted by Gasteiger charge is -2.13. The van der Waals surface area contributed by atoms with Crippen molar-refractivity contribution in [2.24, 2.45) is 0 Å². The summed E-state index contributed by atoms with van der Waals surface area (Å²) in [5.41, 5.74) is 2.68. The van der Waals surface area contributed by atoms with Crippen LogP contribution < -0.4 is 4.74 Å². The van der Waals surface area contributed by atoms with E-state index in [1.54, 1.807) is 13.2 Å². The number of ether oxygens (including phenoxy) is 1. The zero-order valence-electron chi connectivity index (χ0n) is 10.8. The first-order valence-electron chi connectivity index (χ1n) is 6.27. The molecular weight excluding hydrogens is 295 g/mol. The van der Waals surface area contributed by atoms with Gasteiger partial charge in [0.25, 0.3) is 0 Å². The number of fused-ring (bicyclic) bond motifs is 1. The molecule has 0 unspecified atom stereocenters. The molecule has 0 heterocycles. The van der Waals surface area contributed by atoms with Crippen LogP contribution in [0.15, 0.2) is 36.4 Å². The normalized spacial score (nSPS) is 17.1. The van der Waals surface area contributed by atoms with Gasteiger partial charge in [0, 0.05) is 12.3 Å². The molecule has 2 aromatic rings. The molecule has 102 valence electrons. The van der Waals surface area contributed by atoms with Gasteiger partial charge in [-0.3, -0.25) is 4.79 Å². The van der Waals surface area contributed by atoms with E-state index in [1.807, 2.05) is 30.3 Å². The minimum Gasteiger partial charge on any atom is -0.496 e. The summed E-state index contributed by atoms with van der Waals surface area (Å²) >= 11 is 12.0. The monoisotopic (exact) mass is 306 g/mol. The molecule has 3 rings (SSSR count). The molecule has 0 N–H and O–H groups in total. The molecule has 0 radical (unpaired) electrons. The number of benzene rings is 2. The van der Waals surface area contributed by atoms with Crippen molar-refractivity contribution in [1.29, 1.82) is 0 Å². The Morgan fingerprint density at radius 1 is 1.15 bits per heavy atom. The molecule has 2 nitrogen and oxygen atoms in total. The predicted molar refractivity (Wildman–Crippen MR) is 80.2 cm³/mol. The fourth-order valence-electron chi connectivity index (χ4n) is 2.73. The van der Waals surface area contributed by atoms with Gasteiger partial charge in [0.05, 0.1) is 22.7 Å². The van der Waals surface area contributed by atoms with Gasteiger partial charge < -0.3 is 4.74 Å². The third-order valence-electron chi connectivity index (χ3n) is 3.67. The molecule has 20 heavy (non-hydrogen) atoms. The number of carbonyl (C=O) groups excluding carboxylic acids is 1. The first kappa shape index (κ1) is 13.5. The van der Waals surface area contributed by atoms with Crippen molar-refractivity contribution in [2.45, 2.75) is 12.3 Å². The molecule has 0 saturated heterocycles. The lowest BCUT2D eigenvalue weighted by atomic mass is 9.93. The summed E-state index contributed by atoms with van der Waals surface area (Å²) in [5, 5.41) is 1.03.